The van der Waals surface area contributed by atoms with Crippen LogP contribution in [0, 0.1) is 0 Å². The fourth-order valence-corrected chi connectivity index (χ4v) is 4.79. The Morgan fingerprint density at radius 1 is 1.12 bits per heavy atom. The molecular weight excluding hydrogens is 392 g/mol. The van der Waals surface area contributed by atoms with Gasteiger partial charge in [0, 0.05) is 17.2 Å². The summed E-state index contributed by atoms with van der Waals surface area (Å²) in [5, 5.41) is 13.6. The number of rotatable bonds is 6. The molecule has 10 heteroatoms. The van der Waals surface area contributed by atoms with E-state index in [1.54, 1.807) is 35.7 Å². The van der Waals surface area contributed by atoms with Crippen molar-refractivity contribution in [3.63, 3.8) is 0 Å². The van der Waals surface area contributed by atoms with Gasteiger partial charge in [-0.05, 0) is 35.7 Å². The van der Waals surface area contributed by atoms with Gasteiger partial charge in [0.2, 0.25) is 5.13 Å². The maximum atomic E-state index is 12.3. The first-order chi connectivity index (χ1) is 12.3. The average Bonchev–Trinajstić information content (AvgIpc) is 3.27. The minimum atomic E-state index is -3.61. The Bertz CT molecular complexity index is 994. The van der Waals surface area contributed by atoms with E-state index in [0.29, 0.717) is 16.4 Å². The molecule has 0 bridgehead atoms. The van der Waals surface area contributed by atoms with Crippen LogP contribution < -0.4 is 10.0 Å². The summed E-state index contributed by atoms with van der Waals surface area (Å²) in [6.07, 6.45) is 0. The lowest BCUT2D eigenvalue weighted by Crippen LogP contribution is -2.13. The van der Waals surface area contributed by atoms with Crippen molar-refractivity contribution in [1.29, 1.82) is 0 Å². The zero-order valence-corrected chi connectivity index (χ0v) is 16.4. The molecule has 2 heterocycles. The van der Waals surface area contributed by atoms with Crippen LogP contribution in [0.4, 0.5) is 10.8 Å². The number of thiophene rings is 1. The molecule has 1 aromatic carbocycles. The second-order valence-corrected chi connectivity index (χ2v) is 9.54. The second-order valence-electron chi connectivity index (χ2n) is 5.67. The van der Waals surface area contributed by atoms with Crippen molar-refractivity contribution < 1.29 is 13.2 Å². The highest BCUT2D eigenvalue weighted by Gasteiger charge is 2.16. The van der Waals surface area contributed by atoms with E-state index >= 15 is 0 Å². The van der Waals surface area contributed by atoms with Crippen LogP contribution in [0.25, 0.3) is 0 Å². The van der Waals surface area contributed by atoms with E-state index in [0.717, 1.165) is 16.3 Å². The molecular formula is C16H16N4O3S3. The minimum Gasteiger partial charge on any atom is -0.296 e. The third kappa shape index (κ3) is 4.26. The van der Waals surface area contributed by atoms with Gasteiger partial charge in [0.25, 0.3) is 15.9 Å². The van der Waals surface area contributed by atoms with Gasteiger partial charge in [0.1, 0.15) is 9.22 Å². The summed E-state index contributed by atoms with van der Waals surface area (Å²) < 4.78 is 27.1. The number of carbonyl (C=O) groups excluding carboxylic acids is 1. The highest BCUT2D eigenvalue weighted by Crippen LogP contribution is 2.23. The molecule has 0 atom stereocenters. The van der Waals surface area contributed by atoms with Crippen molar-refractivity contribution in [2.24, 2.45) is 0 Å². The molecule has 3 rings (SSSR count). The van der Waals surface area contributed by atoms with E-state index in [1.807, 2.05) is 13.8 Å². The molecule has 3 aromatic rings. The first-order valence-corrected chi connectivity index (χ1v) is 10.8. The Labute approximate surface area is 159 Å². The molecule has 2 N–H and O–H groups in total. The number of nitrogens with zero attached hydrogens (tertiary/aromatic N) is 2. The van der Waals surface area contributed by atoms with Crippen LogP contribution in [-0.4, -0.2) is 24.5 Å². The lowest BCUT2D eigenvalue weighted by atomic mass is 10.2. The summed E-state index contributed by atoms with van der Waals surface area (Å²) in [7, 11) is -3.61. The molecule has 0 fully saturated rings. The van der Waals surface area contributed by atoms with Crippen LogP contribution in [-0.2, 0) is 10.0 Å². The van der Waals surface area contributed by atoms with Gasteiger partial charge in [-0.2, -0.15) is 0 Å². The van der Waals surface area contributed by atoms with Crippen molar-refractivity contribution in [2.45, 2.75) is 24.0 Å². The summed E-state index contributed by atoms with van der Waals surface area (Å²) in [6.45, 7) is 4.00. The lowest BCUT2D eigenvalue weighted by molar-refractivity contribution is 0.102. The van der Waals surface area contributed by atoms with Crippen molar-refractivity contribution in [3.8, 4) is 0 Å². The molecule has 0 radical (unpaired) electrons. The number of benzene rings is 1. The van der Waals surface area contributed by atoms with Crippen LogP contribution in [0.5, 0.6) is 0 Å². The van der Waals surface area contributed by atoms with Crippen LogP contribution >= 0.6 is 22.7 Å². The predicted octanol–water partition coefficient (Wildman–Crippen LogP) is 3.78. The first kappa shape index (κ1) is 18.5. The summed E-state index contributed by atoms with van der Waals surface area (Å²) in [5.74, 6) is -0.0853. The molecule has 0 aliphatic rings. The number of sulfonamides is 1. The molecule has 26 heavy (non-hydrogen) atoms. The molecule has 7 nitrogen and oxygen atoms in total. The fourth-order valence-electron chi connectivity index (χ4n) is 2.00. The Balaban J connectivity index is 1.68. The van der Waals surface area contributed by atoms with Crippen LogP contribution in [0.15, 0.2) is 46.0 Å². The fraction of sp³-hybridized carbons (Fsp3) is 0.188. The van der Waals surface area contributed by atoms with Crippen LogP contribution in [0.3, 0.4) is 0 Å². The van der Waals surface area contributed by atoms with E-state index < -0.39 is 10.0 Å². The second kappa shape index (κ2) is 7.52. The standard InChI is InChI=1S/C16H16N4O3S3/c1-10(2)15-18-19-16(25-15)17-14(21)11-5-7-12(8-6-11)20-26(22,23)13-4-3-9-24-13/h3-10,20H,1-2H3,(H,17,19,21). The van der Waals surface area contributed by atoms with Crippen LogP contribution in [0.1, 0.15) is 35.1 Å². The number of amides is 1. The Kier molecular flexibility index (Phi) is 5.35. The number of aromatic nitrogens is 2. The van der Waals surface area contributed by atoms with Gasteiger partial charge in [-0.15, -0.1) is 21.5 Å². The SMILES string of the molecule is CC(C)c1nnc(NC(=O)c2ccc(NS(=O)(=O)c3cccs3)cc2)s1. The van der Waals surface area contributed by atoms with Crippen molar-refractivity contribution in [3.05, 3.63) is 52.3 Å². The number of anilines is 2. The van der Waals surface area contributed by atoms with Crippen molar-refractivity contribution in [1.82, 2.24) is 10.2 Å². The molecule has 0 saturated carbocycles. The quantitative estimate of drug-likeness (QED) is 0.646. The van der Waals surface area contributed by atoms with Gasteiger partial charge >= 0.3 is 0 Å². The van der Waals surface area contributed by atoms with E-state index in [4.69, 9.17) is 0 Å². The van der Waals surface area contributed by atoms with Gasteiger partial charge in [-0.3, -0.25) is 14.8 Å². The van der Waals surface area contributed by atoms with Gasteiger partial charge in [0.15, 0.2) is 0 Å². The number of nitrogens with one attached hydrogen (secondary N) is 2. The highest BCUT2D eigenvalue weighted by molar-refractivity contribution is 7.94. The molecule has 0 aliphatic heterocycles. The van der Waals surface area contributed by atoms with E-state index in [9.17, 15) is 13.2 Å². The zero-order chi connectivity index (χ0) is 18.7. The number of hydrogen-bond acceptors (Lipinski definition) is 7. The number of carbonyl (C=O) groups is 1. The Morgan fingerprint density at radius 2 is 1.85 bits per heavy atom. The Hall–Kier alpha value is -2.30. The lowest BCUT2D eigenvalue weighted by Gasteiger charge is -2.07. The van der Waals surface area contributed by atoms with Crippen LogP contribution in [0.2, 0.25) is 0 Å². The van der Waals surface area contributed by atoms with Crippen molar-refractivity contribution in [2.75, 3.05) is 10.0 Å². The van der Waals surface area contributed by atoms with Gasteiger partial charge in [0.05, 0.1) is 0 Å². The molecule has 0 aliphatic carbocycles. The van der Waals surface area contributed by atoms with E-state index in [1.165, 1.54) is 17.4 Å². The Morgan fingerprint density at radius 3 is 2.42 bits per heavy atom. The van der Waals surface area contributed by atoms with Gasteiger partial charge in [-0.1, -0.05) is 31.3 Å². The molecule has 1 amide bonds. The highest BCUT2D eigenvalue weighted by atomic mass is 32.2. The molecule has 0 saturated heterocycles. The van der Waals surface area contributed by atoms with Crippen molar-refractivity contribution >= 4 is 49.4 Å². The summed E-state index contributed by atoms with van der Waals surface area (Å²) in [5.41, 5.74) is 0.776. The largest absolute Gasteiger partial charge is 0.296 e. The smallest absolute Gasteiger partial charge is 0.271 e. The summed E-state index contributed by atoms with van der Waals surface area (Å²) in [6, 6.07) is 9.38. The molecule has 136 valence electrons. The first-order valence-electron chi connectivity index (χ1n) is 7.66. The van der Waals surface area contributed by atoms with Gasteiger partial charge in [-0.25, -0.2) is 8.42 Å². The third-order valence-corrected chi connectivity index (χ3v) is 7.23. The predicted molar refractivity (Wildman–Crippen MR) is 104 cm³/mol. The molecule has 0 spiro atoms. The average molecular weight is 409 g/mol. The summed E-state index contributed by atoms with van der Waals surface area (Å²) in [4.78, 5) is 12.3. The normalized spacial score (nSPS) is 11.5. The number of hydrogen-bond donors (Lipinski definition) is 2. The maximum Gasteiger partial charge on any atom is 0.271 e. The topological polar surface area (TPSA) is 101 Å². The van der Waals surface area contributed by atoms with E-state index in [-0.39, 0.29) is 16.0 Å². The van der Waals surface area contributed by atoms with E-state index in [2.05, 4.69) is 20.2 Å². The monoisotopic (exact) mass is 408 g/mol. The zero-order valence-electron chi connectivity index (χ0n) is 14.0. The minimum absolute atomic E-state index is 0.233. The molecule has 2 aromatic heterocycles. The maximum absolute atomic E-state index is 12.3. The van der Waals surface area contributed by atoms with Gasteiger partial charge < -0.3 is 0 Å². The molecule has 0 unspecified atom stereocenters. The summed E-state index contributed by atoms with van der Waals surface area (Å²) >= 11 is 2.46. The third-order valence-electron chi connectivity index (χ3n) is 3.31.